The fourth-order valence-electron chi connectivity index (χ4n) is 5.45. The predicted molar refractivity (Wildman–Crippen MR) is 173 cm³/mol. The van der Waals surface area contributed by atoms with Gasteiger partial charge in [-0.25, -0.2) is 4.79 Å². The molecule has 0 fully saturated rings. The number of rotatable bonds is 13. The molecule has 43 heavy (non-hydrogen) atoms. The number of hydrogen-bond acceptors (Lipinski definition) is 6. The number of aliphatic hydroxyl groups excluding tert-OH is 1. The van der Waals surface area contributed by atoms with Crippen LogP contribution in [0.25, 0.3) is 0 Å². The fraction of sp³-hybridized carbons (Fsp3) is 0.361. The summed E-state index contributed by atoms with van der Waals surface area (Å²) in [4.78, 5) is 12.3. The Balaban J connectivity index is 1.46. The lowest BCUT2D eigenvalue weighted by molar-refractivity contribution is -0.145. The molecule has 4 atom stereocenters. The Hall–Kier alpha value is -3.49. The summed E-state index contributed by atoms with van der Waals surface area (Å²) < 4.78 is 24.0. The van der Waals surface area contributed by atoms with Gasteiger partial charge in [0.1, 0.15) is 18.0 Å². The van der Waals surface area contributed by atoms with Crippen LogP contribution in [0.3, 0.4) is 0 Å². The third-order valence-electron chi connectivity index (χ3n) is 7.90. The minimum absolute atomic E-state index is 0.0825. The number of methoxy groups -OCH3 is 1. The number of hydrogen-bond donors (Lipinski definition) is 1. The molecular formula is C36H44O6Si. The van der Waals surface area contributed by atoms with Crippen molar-refractivity contribution < 1.29 is 28.5 Å². The Bertz CT molecular complexity index is 1310. The summed E-state index contributed by atoms with van der Waals surface area (Å²) in [6.45, 7) is 9.50. The third kappa shape index (κ3) is 8.12. The van der Waals surface area contributed by atoms with Crippen LogP contribution < -0.4 is 15.1 Å². The number of cyclic esters (lactones) is 1. The molecule has 1 aliphatic rings. The maximum absolute atomic E-state index is 12.3. The molecule has 7 heteroatoms. The van der Waals surface area contributed by atoms with E-state index in [1.54, 1.807) is 7.11 Å². The van der Waals surface area contributed by atoms with E-state index in [0.29, 0.717) is 19.6 Å². The SMILES string of the molecule is COc1ccc(COC[C@H](C)[C@@H](O)C/C=C/[C@@H]2OC(=O)C=C[C@@H]2O[Si](c2ccccc2)(c2ccccc2)C(C)(C)C)cc1. The monoisotopic (exact) mass is 600 g/mol. The van der Waals surface area contributed by atoms with Gasteiger partial charge in [-0.3, -0.25) is 0 Å². The van der Waals surface area contributed by atoms with Gasteiger partial charge in [0, 0.05) is 12.0 Å². The molecule has 0 aliphatic carbocycles. The van der Waals surface area contributed by atoms with Gasteiger partial charge in [0.15, 0.2) is 0 Å². The van der Waals surface area contributed by atoms with Crippen molar-refractivity contribution in [2.75, 3.05) is 13.7 Å². The van der Waals surface area contributed by atoms with E-state index in [1.165, 1.54) is 6.08 Å². The molecule has 0 amide bonds. The van der Waals surface area contributed by atoms with E-state index in [4.69, 9.17) is 18.6 Å². The van der Waals surface area contributed by atoms with Crippen LogP contribution in [0.5, 0.6) is 5.75 Å². The summed E-state index contributed by atoms with van der Waals surface area (Å²) in [6, 6.07) is 28.5. The summed E-state index contributed by atoms with van der Waals surface area (Å²) in [5, 5.41) is 12.9. The zero-order valence-electron chi connectivity index (χ0n) is 25.8. The van der Waals surface area contributed by atoms with Crippen molar-refractivity contribution in [2.24, 2.45) is 5.92 Å². The smallest absolute Gasteiger partial charge is 0.331 e. The van der Waals surface area contributed by atoms with Gasteiger partial charge in [-0.2, -0.15) is 0 Å². The highest BCUT2D eigenvalue weighted by atomic mass is 28.4. The molecule has 0 saturated heterocycles. The number of esters is 1. The zero-order chi connectivity index (χ0) is 30.9. The molecular weight excluding hydrogens is 556 g/mol. The van der Waals surface area contributed by atoms with E-state index in [0.717, 1.165) is 21.7 Å². The molecule has 0 bridgehead atoms. The number of aliphatic hydroxyl groups is 1. The van der Waals surface area contributed by atoms with Gasteiger partial charge < -0.3 is 23.7 Å². The average Bonchev–Trinajstić information content (AvgIpc) is 3.01. The molecule has 3 aromatic carbocycles. The molecule has 6 nitrogen and oxygen atoms in total. The van der Waals surface area contributed by atoms with Gasteiger partial charge >= 0.3 is 5.97 Å². The second-order valence-corrected chi connectivity index (χ2v) is 16.3. The van der Waals surface area contributed by atoms with Crippen LogP contribution in [0.2, 0.25) is 5.04 Å². The molecule has 0 saturated carbocycles. The van der Waals surface area contributed by atoms with E-state index in [2.05, 4.69) is 45.0 Å². The van der Waals surface area contributed by atoms with Crippen LogP contribution in [0.4, 0.5) is 0 Å². The van der Waals surface area contributed by atoms with Crippen molar-refractivity contribution >= 4 is 24.7 Å². The van der Waals surface area contributed by atoms with Crippen LogP contribution in [-0.2, 0) is 25.3 Å². The van der Waals surface area contributed by atoms with Crippen molar-refractivity contribution in [3.05, 3.63) is 115 Å². The maximum Gasteiger partial charge on any atom is 0.331 e. The van der Waals surface area contributed by atoms with Crippen molar-refractivity contribution in [3.8, 4) is 5.75 Å². The fourth-order valence-corrected chi connectivity index (χ4v) is 10.1. The Morgan fingerprint density at radius 2 is 1.56 bits per heavy atom. The van der Waals surface area contributed by atoms with Crippen LogP contribution in [0.15, 0.2) is 109 Å². The highest BCUT2D eigenvalue weighted by molar-refractivity contribution is 6.99. The van der Waals surface area contributed by atoms with Gasteiger partial charge in [-0.05, 0) is 51.7 Å². The van der Waals surface area contributed by atoms with E-state index in [9.17, 15) is 9.90 Å². The summed E-state index contributed by atoms with van der Waals surface area (Å²) in [5.41, 5.74) is 1.04. The van der Waals surface area contributed by atoms with Crippen molar-refractivity contribution in [1.82, 2.24) is 0 Å². The Kier molecular flexibility index (Phi) is 11.2. The molecule has 1 heterocycles. The van der Waals surface area contributed by atoms with Crippen LogP contribution in [-0.4, -0.2) is 51.4 Å². The minimum atomic E-state index is -2.88. The van der Waals surface area contributed by atoms with Gasteiger partial charge in [-0.15, -0.1) is 0 Å². The number of ether oxygens (including phenoxy) is 3. The van der Waals surface area contributed by atoms with Crippen LogP contribution in [0, 0.1) is 5.92 Å². The molecule has 4 rings (SSSR count). The van der Waals surface area contributed by atoms with E-state index >= 15 is 0 Å². The summed E-state index contributed by atoms with van der Waals surface area (Å²) in [6.07, 6.45) is 5.67. The molecule has 228 valence electrons. The lowest BCUT2D eigenvalue weighted by Crippen LogP contribution is -2.68. The molecule has 3 aromatic rings. The highest BCUT2D eigenvalue weighted by Gasteiger charge is 2.52. The topological polar surface area (TPSA) is 74.2 Å². The molecule has 0 spiro atoms. The standard InChI is InChI=1S/C36H44O6Si/c1-27(25-40-26-28-19-21-29(39-5)22-20-28)32(37)17-12-18-33-34(23-24-35(38)41-33)42-43(36(2,3)4,30-13-8-6-9-14-30)31-15-10-7-11-16-31/h6-16,18-24,27,32-34,37H,17,25-26H2,1-5H3/b18-12+/t27-,32-,33-,34-/m0/s1. The van der Waals surface area contributed by atoms with Crippen molar-refractivity contribution in [2.45, 2.75) is 64.1 Å². The van der Waals surface area contributed by atoms with Crippen molar-refractivity contribution in [1.29, 1.82) is 0 Å². The van der Waals surface area contributed by atoms with Crippen LogP contribution >= 0.6 is 0 Å². The molecule has 0 radical (unpaired) electrons. The van der Waals surface area contributed by atoms with E-state index in [1.807, 2.05) is 85.8 Å². The number of benzene rings is 3. The van der Waals surface area contributed by atoms with Crippen LogP contribution in [0.1, 0.15) is 39.7 Å². The quantitative estimate of drug-likeness (QED) is 0.157. The Morgan fingerprint density at radius 1 is 0.953 bits per heavy atom. The average molecular weight is 601 g/mol. The van der Waals surface area contributed by atoms with Crippen molar-refractivity contribution in [3.63, 3.8) is 0 Å². The molecule has 0 unspecified atom stereocenters. The second-order valence-electron chi connectivity index (χ2n) is 12.1. The molecule has 0 aromatic heterocycles. The summed E-state index contributed by atoms with van der Waals surface area (Å²) in [5.74, 6) is 0.316. The van der Waals surface area contributed by atoms with E-state index in [-0.39, 0.29) is 11.0 Å². The Labute approximate surface area is 257 Å². The first kappa shape index (κ1) is 32.4. The maximum atomic E-state index is 12.3. The lowest BCUT2D eigenvalue weighted by Gasteiger charge is -2.45. The van der Waals surface area contributed by atoms with Gasteiger partial charge in [0.25, 0.3) is 8.32 Å². The minimum Gasteiger partial charge on any atom is -0.497 e. The molecule has 1 N–H and O–H groups in total. The zero-order valence-corrected chi connectivity index (χ0v) is 26.8. The Morgan fingerprint density at radius 3 is 2.12 bits per heavy atom. The number of carbonyl (C=O) groups excluding carboxylic acids is 1. The molecule has 1 aliphatic heterocycles. The van der Waals surface area contributed by atoms with Gasteiger partial charge in [-0.1, -0.05) is 107 Å². The summed E-state index contributed by atoms with van der Waals surface area (Å²) in [7, 11) is -1.24. The lowest BCUT2D eigenvalue weighted by atomic mass is 10.0. The predicted octanol–water partition coefficient (Wildman–Crippen LogP) is 5.58. The number of carbonyl (C=O) groups is 1. The summed E-state index contributed by atoms with van der Waals surface area (Å²) >= 11 is 0. The normalized spacial score (nSPS) is 18.8. The van der Waals surface area contributed by atoms with E-state index < -0.39 is 32.6 Å². The third-order valence-corrected chi connectivity index (χ3v) is 12.9. The van der Waals surface area contributed by atoms with Gasteiger partial charge in [0.05, 0.1) is 26.4 Å². The first-order valence-electron chi connectivity index (χ1n) is 14.9. The largest absolute Gasteiger partial charge is 0.497 e. The first-order chi connectivity index (χ1) is 20.6. The highest BCUT2D eigenvalue weighted by Crippen LogP contribution is 2.38. The second kappa shape index (κ2) is 14.8. The van der Waals surface area contributed by atoms with Gasteiger partial charge in [0.2, 0.25) is 0 Å². The first-order valence-corrected chi connectivity index (χ1v) is 16.8.